The average molecular weight is 269 g/mol. The van der Waals surface area contributed by atoms with Crippen molar-refractivity contribution in [2.45, 2.75) is 12.8 Å². The van der Waals surface area contributed by atoms with Crippen molar-refractivity contribution >= 4 is 29.2 Å². The van der Waals surface area contributed by atoms with Gasteiger partial charge in [-0.05, 0) is 31.0 Å². The Morgan fingerprint density at radius 1 is 1.44 bits per heavy atom. The molecular formula is C12H13ClN2O3. The Kier molecular flexibility index (Phi) is 3.28. The summed E-state index contributed by atoms with van der Waals surface area (Å²) in [7, 11) is 0. The maximum absolute atomic E-state index is 11.9. The zero-order valence-corrected chi connectivity index (χ0v) is 10.3. The number of rotatable bonds is 4. The van der Waals surface area contributed by atoms with Crippen molar-refractivity contribution in [2.24, 2.45) is 11.1 Å². The van der Waals surface area contributed by atoms with E-state index in [0.29, 0.717) is 12.2 Å². The smallest absolute Gasteiger partial charge is 0.337 e. The largest absolute Gasteiger partial charge is 0.478 e. The number of hydrogen-bond acceptors (Lipinski definition) is 3. The molecule has 6 heteroatoms. The van der Waals surface area contributed by atoms with Crippen LogP contribution in [0.3, 0.4) is 0 Å². The molecule has 0 aromatic heterocycles. The number of anilines is 1. The van der Waals surface area contributed by atoms with Crippen molar-refractivity contribution in [3.05, 3.63) is 28.8 Å². The first-order chi connectivity index (χ1) is 8.48. The number of nitrogens with two attached hydrogens (primary N) is 1. The molecule has 1 aromatic rings. The molecule has 1 aliphatic carbocycles. The van der Waals surface area contributed by atoms with Crippen LogP contribution in [0.2, 0.25) is 5.02 Å². The fraction of sp³-hybridized carbons (Fsp3) is 0.333. The summed E-state index contributed by atoms with van der Waals surface area (Å²) in [5.74, 6) is -1.23. The molecule has 2 rings (SSSR count). The minimum absolute atomic E-state index is 0.00891. The maximum Gasteiger partial charge on any atom is 0.337 e. The molecule has 1 aromatic carbocycles. The summed E-state index contributed by atoms with van der Waals surface area (Å²) in [5, 5.41) is 11.6. The summed E-state index contributed by atoms with van der Waals surface area (Å²) in [5.41, 5.74) is 5.60. The Morgan fingerprint density at radius 3 is 2.56 bits per heavy atom. The standard InChI is InChI=1S/C12H13ClN2O3/c13-9-5-7(1-2-8(9)10(16)17)15-11(18)12(6-14)3-4-12/h1-2,5H,3-4,6,14H2,(H,15,18)(H,16,17). The van der Waals surface area contributed by atoms with Crippen molar-refractivity contribution in [2.75, 3.05) is 11.9 Å². The summed E-state index contributed by atoms with van der Waals surface area (Å²) in [4.78, 5) is 22.7. The molecule has 18 heavy (non-hydrogen) atoms. The van der Waals surface area contributed by atoms with Gasteiger partial charge >= 0.3 is 5.97 Å². The molecule has 0 unspecified atom stereocenters. The molecule has 0 atom stereocenters. The van der Waals surface area contributed by atoms with Crippen molar-refractivity contribution in [3.8, 4) is 0 Å². The minimum atomic E-state index is -1.10. The molecule has 0 spiro atoms. The lowest BCUT2D eigenvalue weighted by molar-refractivity contribution is -0.120. The highest BCUT2D eigenvalue weighted by molar-refractivity contribution is 6.33. The molecule has 1 fully saturated rings. The third-order valence-electron chi connectivity index (χ3n) is 3.18. The average Bonchev–Trinajstić information content (AvgIpc) is 3.09. The number of carboxylic acid groups (broad SMARTS) is 1. The summed E-state index contributed by atoms with van der Waals surface area (Å²) in [6.45, 7) is 0.319. The monoisotopic (exact) mass is 268 g/mol. The molecule has 5 nitrogen and oxygen atoms in total. The third-order valence-corrected chi connectivity index (χ3v) is 3.50. The Labute approximate surface area is 109 Å². The Morgan fingerprint density at radius 2 is 2.11 bits per heavy atom. The van der Waals surface area contributed by atoms with Crippen molar-refractivity contribution in [1.29, 1.82) is 0 Å². The van der Waals surface area contributed by atoms with Crippen LogP contribution in [-0.4, -0.2) is 23.5 Å². The highest BCUT2D eigenvalue weighted by Gasteiger charge is 2.48. The lowest BCUT2D eigenvalue weighted by Crippen LogP contribution is -2.30. The van der Waals surface area contributed by atoms with Gasteiger partial charge in [-0.25, -0.2) is 4.79 Å². The van der Waals surface area contributed by atoms with Crippen molar-refractivity contribution in [3.63, 3.8) is 0 Å². The van der Waals surface area contributed by atoms with E-state index in [1.807, 2.05) is 0 Å². The minimum Gasteiger partial charge on any atom is -0.478 e. The molecule has 0 radical (unpaired) electrons. The second kappa shape index (κ2) is 4.59. The van der Waals surface area contributed by atoms with Crippen molar-refractivity contribution in [1.82, 2.24) is 0 Å². The van der Waals surface area contributed by atoms with Crippen LogP contribution in [0.25, 0.3) is 0 Å². The van der Waals surface area contributed by atoms with Gasteiger partial charge in [0.1, 0.15) is 0 Å². The van der Waals surface area contributed by atoms with Crippen molar-refractivity contribution < 1.29 is 14.7 Å². The maximum atomic E-state index is 11.9. The Bertz CT molecular complexity index is 512. The predicted octanol–water partition coefficient (Wildman–Crippen LogP) is 1.72. The molecule has 4 N–H and O–H groups in total. The van der Waals surface area contributed by atoms with Gasteiger partial charge < -0.3 is 16.2 Å². The van der Waals surface area contributed by atoms with Gasteiger partial charge in [-0.15, -0.1) is 0 Å². The number of aromatic carboxylic acids is 1. The van der Waals surface area contributed by atoms with E-state index < -0.39 is 11.4 Å². The molecule has 0 bridgehead atoms. The molecule has 1 aliphatic rings. The van der Waals surface area contributed by atoms with Crippen LogP contribution in [0.4, 0.5) is 5.69 Å². The molecule has 1 amide bonds. The zero-order chi connectivity index (χ0) is 13.3. The number of carbonyl (C=O) groups is 2. The van der Waals surface area contributed by atoms with Gasteiger partial charge in [0.25, 0.3) is 0 Å². The van der Waals surface area contributed by atoms with E-state index in [2.05, 4.69) is 5.32 Å². The van der Waals surface area contributed by atoms with Crippen LogP contribution in [0.5, 0.6) is 0 Å². The SMILES string of the molecule is NCC1(C(=O)Nc2ccc(C(=O)O)c(Cl)c2)CC1. The second-order valence-corrected chi connectivity index (χ2v) is 4.85. The molecule has 0 heterocycles. The van der Waals surface area contributed by atoms with E-state index in [9.17, 15) is 9.59 Å². The Hall–Kier alpha value is -1.59. The Balaban J connectivity index is 2.13. The van der Waals surface area contributed by atoms with E-state index in [1.165, 1.54) is 18.2 Å². The summed E-state index contributed by atoms with van der Waals surface area (Å²) in [6, 6.07) is 4.30. The molecule has 1 saturated carbocycles. The number of amides is 1. The van der Waals surface area contributed by atoms with Crippen LogP contribution >= 0.6 is 11.6 Å². The fourth-order valence-electron chi connectivity index (χ4n) is 1.70. The van der Waals surface area contributed by atoms with Crippen LogP contribution in [0, 0.1) is 5.41 Å². The van der Waals surface area contributed by atoms with Gasteiger partial charge in [0.2, 0.25) is 5.91 Å². The van der Waals surface area contributed by atoms with Gasteiger partial charge in [-0.3, -0.25) is 4.79 Å². The van der Waals surface area contributed by atoms with Crippen LogP contribution in [-0.2, 0) is 4.79 Å². The quantitative estimate of drug-likeness (QED) is 0.775. The number of nitrogens with one attached hydrogen (secondary N) is 1. The van der Waals surface area contributed by atoms with Gasteiger partial charge in [0.15, 0.2) is 0 Å². The highest BCUT2D eigenvalue weighted by atomic mass is 35.5. The summed E-state index contributed by atoms with van der Waals surface area (Å²) < 4.78 is 0. The molecule has 96 valence electrons. The first-order valence-electron chi connectivity index (χ1n) is 5.53. The van der Waals surface area contributed by atoms with Gasteiger partial charge in [-0.2, -0.15) is 0 Å². The lowest BCUT2D eigenvalue weighted by atomic mass is 10.1. The number of benzene rings is 1. The number of carboxylic acids is 1. The first kappa shape index (κ1) is 12.9. The second-order valence-electron chi connectivity index (χ2n) is 4.44. The van der Waals surface area contributed by atoms with Crippen LogP contribution < -0.4 is 11.1 Å². The number of halogens is 1. The van der Waals surface area contributed by atoms with E-state index in [4.69, 9.17) is 22.4 Å². The van der Waals surface area contributed by atoms with E-state index in [-0.39, 0.29) is 16.5 Å². The molecule has 0 aliphatic heterocycles. The van der Waals surface area contributed by atoms with Crippen LogP contribution in [0.1, 0.15) is 23.2 Å². The fourth-order valence-corrected chi connectivity index (χ4v) is 1.97. The molecule has 0 saturated heterocycles. The topological polar surface area (TPSA) is 92.4 Å². The predicted molar refractivity (Wildman–Crippen MR) is 67.8 cm³/mol. The van der Waals surface area contributed by atoms with Gasteiger partial charge in [-0.1, -0.05) is 11.6 Å². The van der Waals surface area contributed by atoms with E-state index in [0.717, 1.165) is 12.8 Å². The first-order valence-corrected chi connectivity index (χ1v) is 5.91. The van der Waals surface area contributed by atoms with E-state index >= 15 is 0 Å². The number of hydrogen-bond donors (Lipinski definition) is 3. The third kappa shape index (κ3) is 2.32. The molecular weight excluding hydrogens is 256 g/mol. The normalized spacial score (nSPS) is 16.1. The van der Waals surface area contributed by atoms with Gasteiger partial charge in [0.05, 0.1) is 16.0 Å². The summed E-state index contributed by atoms with van der Waals surface area (Å²) >= 11 is 5.81. The highest BCUT2D eigenvalue weighted by Crippen LogP contribution is 2.45. The van der Waals surface area contributed by atoms with Crippen LogP contribution in [0.15, 0.2) is 18.2 Å². The summed E-state index contributed by atoms with van der Waals surface area (Å²) in [6.07, 6.45) is 1.58. The van der Waals surface area contributed by atoms with Gasteiger partial charge in [0, 0.05) is 12.2 Å². The number of carbonyl (C=O) groups excluding carboxylic acids is 1. The van der Waals surface area contributed by atoms with E-state index in [1.54, 1.807) is 0 Å². The lowest BCUT2D eigenvalue weighted by Gasteiger charge is -2.13. The zero-order valence-electron chi connectivity index (χ0n) is 9.57.